The molecular formula is C7H14KN2O-. The predicted octanol–water partition coefficient (Wildman–Crippen LogP) is -2.29. The van der Waals surface area contributed by atoms with Crippen molar-refractivity contribution in [1.29, 1.82) is 0 Å². The van der Waals surface area contributed by atoms with Gasteiger partial charge >= 0.3 is 51.4 Å². The minimum absolute atomic E-state index is 0. The van der Waals surface area contributed by atoms with Gasteiger partial charge in [0, 0.05) is 5.92 Å². The van der Waals surface area contributed by atoms with E-state index in [1.807, 2.05) is 0 Å². The Balaban J connectivity index is 0. The summed E-state index contributed by atoms with van der Waals surface area (Å²) in [6, 6.07) is 0. The van der Waals surface area contributed by atoms with E-state index in [1.54, 1.807) is 0 Å². The number of piperidine rings is 1. The van der Waals surface area contributed by atoms with Crippen LogP contribution in [0, 0.1) is 13.3 Å². The number of carbonyl (C=O) groups excluding carboxylic acids is 1. The van der Waals surface area contributed by atoms with Crippen LogP contribution in [0.4, 0.5) is 0 Å². The molecule has 0 spiro atoms. The number of primary amides is 1. The minimum Gasteiger partial charge on any atom is -0.662 e. The summed E-state index contributed by atoms with van der Waals surface area (Å²) in [5.41, 5.74) is 5.07. The molecule has 1 aliphatic rings. The van der Waals surface area contributed by atoms with Gasteiger partial charge in [-0.3, -0.25) is 4.79 Å². The quantitative estimate of drug-likeness (QED) is 0.359. The van der Waals surface area contributed by atoms with Crippen LogP contribution in [0.2, 0.25) is 0 Å². The molecule has 11 heavy (non-hydrogen) atoms. The maximum atomic E-state index is 10.5. The first-order chi connectivity index (χ1) is 4.30. The van der Waals surface area contributed by atoms with Crippen LogP contribution in [0.15, 0.2) is 0 Å². The molecule has 1 heterocycles. The van der Waals surface area contributed by atoms with Gasteiger partial charge in [0.1, 0.15) is 0 Å². The van der Waals surface area contributed by atoms with Crippen LogP contribution >= 0.6 is 0 Å². The fourth-order valence-corrected chi connectivity index (χ4v) is 1.02. The molecule has 1 fully saturated rings. The summed E-state index contributed by atoms with van der Waals surface area (Å²) in [6.07, 6.45) is 1.95. The van der Waals surface area contributed by atoms with Crippen molar-refractivity contribution in [2.75, 3.05) is 13.1 Å². The second kappa shape index (κ2) is 7.70. The van der Waals surface area contributed by atoms with Crippen LogP contribution in [-0.2, 0) is 4.79 Å². The fourth-order valence-electron chi connectivity index (χ4n) is 1.02. The first-order valence-corrected chi connectivity index (χ1v) is 3.23. The zero-order chi connectivity index (χ0) is 6.69. The van der Waals surface area contributed by atoms with Gasteiger partial charge in [-0.05, 0) is 6.42 Å². The number of rotatable bonds is 1. The molecule has 1 aliphatic heterocycles. The van der Waals surface area contributed by atoms with E-state index in [0.717, 1.165) is 19.4 Å². The SMILES string of the molecule is NC(=O)C1CCC[N-]C1.[CH3-].[K+]. The molecule has 1 unspecified atom stereocenters. The fraction of sp³-hybridized carbons (Fsp3) is 0.714. The number of nitrogens with two attached hydrogens (primary N) is 1. The van der Waals surface area contributed by atoms with Crippen LogP contribution in [0.25, 0.3) is 5.32 Å². The molecule has 2 N–H and O–H groups in total. The Morgan fingerprint density at radius 2 is 2.18 bits per heavy atom. The summed E-state index contributed by atoms with van der Waals surface area (Å²) >= 11 is 0. The van der Waals surface area contributed by atoms with Crippen molar-refractivity contribution in [3.63, 3.8) is 0 Å². The van der Waals surface area contributed by atoms with Crippen LogP contribution in [-0.4, -0.2) is 19.0 Å². The molecule has 0 aromatic carbocycles. The van der Waals surface area contributed by atoms with Crippen molar-refractivity contribution in [2.45, 2.75) is 12.8 Å². The third kappa shape index (κ3) is 5.33. The van der Waals surface area contributed by atoms with E-state index in [2.05, 4.69) is 5.32 Å². The zero-order valence-corrected chi connectivity index (χ0v) is 10.5. The standard InChI is InChI=1S/C6H11N2O.CH3.K/c7-6(9)5-2-1-3-8-4-5;;/h5H,1-4H2,(H2,7,9);1H3;/q2*-1;+1. The normalized spacial score (nSPS) is 22.7. The van der Waals surface area contributed by atoms with Crippen molar-refractivity contribution < 1.29 is 56.2 Å². The number of hydrogen-bond donors (Lipinski definition) is 1. The third-order valence-electron chi connectivity index (χ3n) is 1.62. The molecule has 1 rings (SSSR count). The number of amides is 1. The maximum Gasteiger partial charge on any atom is 1.00 e. The van der Waals surface area contributed by atoms with Gasteiger partial charge in [0.05, 0.1) is 0 Å². The van der Waals surface area contributed by atoms with Gasteiger partial charge in [-0.25, -0.2) is 0 Å². The predicted molar refractivity (Wildman–Crippen MR) is 41.4 cm³/mol. The first-order valence-electron chi connectivity index (χ1n) is 3.23. The van der Waals surface area contributed by atoms with E-state index in [1.165, 1.54) is 0 Å². The molecule has 0 aromatic heterocycles. The largest absolute Gasteiger partial charge is 1.00 e. The van der Waals surface area contributed by atoms with Gasteiger partial charge in [0.2, 0.25) is 5.91 Å². The Labute approximate surface area is 111 Å². The first kappa shape index (κ1) is 14.6. The second-order valence-corrected chi connectivity index (χ2v) is 2.37. The Hall–Kier alpha value is 1.07. The molecule has 0 saturated carbocycles. The molecule has 0 radical (unpaired) electrons. The monoisotopic (exact) mass is 181 g/mol. The molecule has 60 valence electrons. The number of hydrogen-bond acceptors (Lipinski definition) is 1. The molecule has 0 aliphatic carbocycles. The van der Waals surface area contributed by atoms with Gasteiger partial charge in [-0.2, -0.15) is 0 Å². The smallest absolute Gasteiger partial charge is 0.662 e. The molecule has 1 saturated heterocycles. The summed E-state index contributed by atoms with van der Waals surface area (Å²) in [5, 5.41) is 4.08. The van der Waals surface area contributed by atoms with E-state index in [0.29, 0.717) is 6.54 Å². The maximum absolute atomic E-state index is 10.5. The van der Waals surface area contributed by atoms with E-state index in [9.17, 15) is 4.79 Å². The van der Waals surface area contributed by atoms with Gasteiger partial charge in [0.15, 0.2) is 0 Å². The van der Waals surface area contributed by atoms with Crippen LogP contribution in [0.5, 0.6) is 0 Å². The topological polar surface area (TPSA) is 57.2 Å². The summed E-state index contributed by atoms with van der Waals surface area (Å²) in [4.78, 5) is 10.5. The van der Waals surface area contributed by atoms with E-state index in [-0.39, 0.29) is 70.6 Å². The van der Waals surface area contributed by atoms with Crippen LogP contribution in [0.1, 0.15) is 12.8 Å². The molecule has 1 atom stereocenters. The van der Waals surface area contributed by atoms with Crippen molar-refractivity contribution >= 4 is 5.91 Å². The number of carbonyl (C=O) groups is 1. The van der Waals surface area contributed by atoms with E-state index < -0.39 is 0 Å². The Morgan fingerprint density at radius 3 is 2.45 bits per heavy atom. The average Bonchev–Trinajstić information content (AvgIpc) is 1.90. The van der Waals surface area contributed by atoms with E-state index >= 15 is 0 Å². The molecule has 0 aromatic rings. The summed E-state index contributed by atoms with van der Waals surface area (Å²) in [5.74, 6) is -0.169. The van der Waals surface area contributed by atoms with Gasteiger partial charge in [-0.1, -0.05) is 6.42 Å². The Morgan fingerprint density at radius 1 is 1.55 bits per heavy atom. The van der Waals surface area contributed by atoms with Crippen molar-refractivity contribution in [3.05, 3.63) is 12.7 Å². The van der Waals surface area contributed by atoms with Gasteiger partial charge in [-0.15, -0.1) is 13.1 Å². The van der Waals surface area contributed by atoms with Crippen molar-refractivity contribution in [1.82, 2.24) is 0 Å². The average molecular weight is 181 g/mol. The van der Waals surface area contributed by atoms with E-state index in [4.69, 9.17) is 5.73 Å². The minimum atomic E-state index is -0.196. The Bertz CT molecular complexity index is 113. The summed E-state index contributed by atoms with van der Waals surface area (Å²) in [6.45, 7) is 1.55. The molecule has 3 nitrogen and oxygen atoms in total. The van der Waals surface area contributed by atoms with Crippen LogP contribution < -0.4 is 57.1 Å². The van der Waals surface area contributed by atoms with Crippen LogP contribution in [0.3, 0.4) is 0 Å². The molecule has 0 bridgehead atoms. The van der Waals surface area contributed by atoms with Gasteiger partial charge < -0.3 is 18.5 Å². The Kier molecular flexibility index (Phi) is 10.2. The molecule has 4 heteroatoms. The second-order valence-electron chi connectivity index (χ2n) is 2.37. The third-order valence-corrected chi connectivity index (χ3v) is 1.62. The molecular weight excluding hydrogens is 167 g/mol. The zero-order valence-electron chi connectivity index (χ0n) is 7.34. The summed E-state index contributed by atoms with van der Waals surface area (Å²) < 4.78 is 0. The van der Waals surface area contributed by atoms with Gasteiger partial charge in [0.25, 0.3) is 0 Å². The summed E-state index contributed by atoms with van der Waals surface area (Å²) in [7, 11) is 0. The van der Waals surface area contributed by atoms with Crippen molar-refractivity contribution in [2.24, 2.45) is 11.7 Å². The molecule has 1 amide bonds. The number of nitrogens with zero attached hydrogens (tertiary/aromatic N) is 1. The van der Waals surface area contributed by atoms with Crippen molar-refractivity contribution in [3.8, 4) is 0 Å².